The molecule has 9 heterocycles. The van der Waals surface area contributed by atoms with Crippen LogP contribution in [0.2, 0.25) is 0 Å². The van der Waals surface area contributed by atoms with Crippen LogP contribution in [0.5, 0.6) is 0 Å². The van der Waals surface area contributed by atoms with E-state index in [1.807, 2.05) is 51.7 Å². The second-order valence-electron chi connectivity index (χ2n) is 19.9. The Kier molecular flexibility index (Phi) is 12.2. The molecule has 0 bridgehead atoms. The molecule has 3 aromatic heterocycles. The highest BCUT2D eigenvalue weighted by Crippen LogP contribution is 2.43. The second-order valence-corrected chi connectivity index (χ2v) is 19.9. The van der Waals surface area contributed by atoms with Gasteiger partial charge in [-0.15, -0.1) is 0 Å². The number of anilines is 3. The minimum atomic E-state index is -2.74. The van der Waals surface area contributed by atoms with E-state index in [4.69, 9.17) is 9.84 Å². The molecular weight excluding hydrogens is 899 g/mol. The molecule has 2 aromatic carbocycles. The molecule has 5 amide bonds. The third kappa shape index (κ3) is 8.41. The first-order chi connectivity index (χ1) is 33.9. The van der Waals surface area contributed by atoms with Crippen LogP contribution in [0.3, 0.4) is 0 Å². The molecule has 1 atom stereocenters. The molecule has 0 saturated carbocycles. The smallest absolute Gasteiger partial charge is 0.264 e. The molecular formula is C52H58F2N10O6. The number of carbonyl (C=O) groups is 5. The van der Waals surface area contributed by atoms with Gasteiger partial charge >= 0.3 is 0 Å². The lowest BCUT2D eigenvalue weighted by atomic mass is 9.84. The van der Waals surface area contributed by atoms with Crippen LogP contribution in [0.4, 0.5) is 26.0 Å². The minimum absolute atomic E-state index is 0.00517. The van der Waals surface area contributed by atoms with Crippen molar-refractivity contribution in [3.8, 4) is 11.1 Å². The van der Waals surface area contributed by atoms with E-state index < -0.39 is 36.1 Å². The summed E-state index contributed by atoms with van der Waals surface area (Å²) in [5, 5.41) is 7.39. The van der Waals surface area contributed by atoms with E-state index in [0.717, 1.165) is 104 Å². The number of benzene rings is 2. The SMILES string of the molecule is CC(=O)N1CCc2c(c(N(C)c3ccc(-c4cc5nccn5cc4C4CCN(CC5CCN(c6ccc7c(c6)C(=O)N(C6CCC(=O)NC6=O)C7=O)CC5)CC4)c(C(F)F)c3)nn2C2CCOCC2)C1. The second kappa shape index (κ2) is 18.7. The molecule has 18 heteroatoms. The number of rotatable bonds is 10. The quantitative estimate of drug-likeness (QED) is 0.149. The van der Waals surface area contributed by atoms with Crippen molar-refractivity contribution in [1.82, 2.24) is 39.2 Å². The molecule has 4 saturated heterocycles. The highest BCUT2D eigenvalue weighted by Gasteiger charge is 2.45. The Hall–Kier alpha value is -6.53. The number of imidazole rings is 1. The van der Waals surface area contributed by atoms with Gasteiger partial charge in [-0.05, 0) is 123 Å². The Morgan fingerprint density at radius 1 is 0.857 bits per heavy atom. The molecule has 0 spiro atoms. The van der Waals surface area contributed by atoms with Crippen LogP contribution in [0.25, 0.3) is 16.8 Å². The van der Waals surface area contributed by atoms with Crippen LogP contribution in [-0.4, -0.2) is 129 Å². The Balaban J connectivity index is 0.770. The predicted molar refractivity (Wildman–Crippen MR) is 256 cm³/mol. The van der Waals surface area contributed by atoms with Gasteiger partial charge in [-0.3, -0.25) is 38.9 Å². The van der Waals surface area contributed by atoms with Gasteiger partial charge in [-0.25, -0.2) is 13.8 Å². The standard InChI is InChI=1S/C52H58F2N10O6/c1-31(65)61-21-13-44-43(30-61)49(57-64(44)34-14-23-70-24-15-34)58(2)35-3-5-37(40(25-35)48(53)54)39-27-46-55-16-22-62(46)29-42(39)33-11-17-59(18-12-33)28-32-9-19-60(20-10-32)36-4-6-38-41(26-36)52(69)63(51(38)68)45-7-8-47(66)56-50(45)67/h3-6,16,22,25-27,29,32-34,45,48H,7-15,17-21,23-24,28,30H2,1-2H3,(H,56,66,67). The van der Waals surface area contributed by atoms with Crippen molar-refractivity contribution in [3.63, 3.8) is 0 Å². The number of fused-ring (bicyclic) bond motifs is 3. The van der Waals surface area contributed by atoms with Crippen LogP contribution < -0.4 is 15.1 Å². The van der Waals surface area contributed by atoms with E-state index in [1.54, 1.807) is 31.3 Å². The fraction of sp³-hybridized carbons (Fsp3) is 0.481. The monoisotopic (exact) mass is 956 g/mol. The summed E-state index contributed by atoms with van der Waals surface area (Å²) in [7, 11) is 1.87. The van der Waals surface area contributed by atoms with E-state index in [2.05, 4.69) is 31.0 Å². The van der Waals surface area contributed by atoms with Gasteiger partial charge in [-0.1, -0.05) is 6.07 Å². The number of alkyl halides is 2. The molecule has 11 rings (SSSR count). The highest BCUT2D eigenvalue weighted by molar-refractivity contribution is 6.23. The number of amides is 5. The number of piperidine rings is 3. The molecule has 1 unspecified atom stereocenters. The third-order valence-electron chi connectivity index (χ3n) is 15.8. The fourth-order valence-electron chi connectivity index (χ4n) is 11.9. The fourth-order valence-corrected chi connectivity index (χ4v) is 11.9. The zero-order chi connectivity index (χ0) is 48.4. The lowest BCUT2D eigenvalue weighted by Crippen LogP contribution is -2.54. The molecule has 0 radical (unpaired) electrons. The molecule has 70 heavy (non-hydrogen) atoms. The van der Waals surface area contributed by atoms with Crippen LogP contribution in [0.15, 0.2) is 61.1 Å². The number of nitrogens with one attached hydrogen (secondary N) is 1. The first kappa shape index (κ1) is 45.9. The van der Waals surface area contributed by atoms with Gasteiger partial charge in [0.15, 0.2) is 5.82 Å². The number of nitrogens with zero attached hydrogens (tertiary/aromatic N) is 9. The first-order valence-corrected chi connectivity index (χ1v) is 24.8. The van der Waals surface area contributed by atoms with Crippen LogP contribution in [0, 0.1) is 5.92 Å². The number of likely N-dealkylation sites (tertiary alicyclic amines) is 1. The third-order valence-corrected chi connectivity index (χ3v) is 15.8. The van der Waals surface area contributed by atoms with Crippen molar-refractivity contribution in [2.75, 3.05) is 69.3 Å². The Bertz CT molecular complexity index is 2890. The van der Waals surface area contributed by atoms with Crippen LogP contribution in [-0.2, 0) is 32.1 Å². The summed E-state index contributed by atoms with van der Waals surface area (Å²) < 4.78 is 40.6. The molecule has 1 N–H and O–H groups in total. The van der Waals surface area contributed by atoms with Gasteiger partial charge < -0.3 is 28.7 Å². The molecule has 4 fully saturated rings. The number of hydrogen-bond donors (Lipinski definition) is 1. The summed E-state index contributed by atoms with van der Waals surface area (Å²) in [5.41, 5.74) is 7.01. The minimum Gasteiger partial charge on any atom is -0.381 e. The highest BCUT2D eigenvalue weighted by atomic mass is 19.3. The summed E-state index contributed by atoms with van der Waals surface area (Å²) in [6, 6.07) is 11.8. The number of imide groups is 2. The maximum Gasteiger partial charge on any atom is 0.264 e. The predicted octanol–water partition coefficient (Wildman–Crippen LogP) is 6.66. The van der Waals surface area contributed by atoms with Gasteiger partial charge in [0.05, 0.1) is 23.7 Å². The zero-order valence-corrected chi connectivity index (χ0v) is 39.6. The van der Waals surface area contributed by atoms with E-state index in [0.29, 0.717) is 61.4 Å². The lowest BCUT2D eigenvalue weighted by molar-refractivity contribution is -0.136. The number of pyridine rings is 1. The molecule has 6 aliphatic rings. The number of hydrogen-bond acceptors (Lipinski definition) is 11. The number of halogens is 2. The van der Waals surface area contributed by atoms with Crippen molar-refractivity contribution < 1.29 is 37.5 Å². The van der Waals surface area contributed by atoms with Gasteiger partial charge in [-0.2, -0.15) is 5.10 Å². The van der Waals surface area contributed by atoms with Gasteiger partial charge in [0, 0.05) is 113 Å². The lowest BCUT2D eigenvalue weighted by Gasteiger charge is -2.39. The molecule has 6 aliphatic heterocycles. The van der Waals surface area contributed by atoms with Crippen LogP contribution in [0.1, 0.15) is 120 Å². The van der Waals surface area contributed by atoms with Crippen molar-refractivity contribution in [2.45, 2.75) is 95.7 Å². The van der Waals surface area contributed by atoms with Gasteiger partial charge in [0.25, 0.3) is 18.2 Å². The van der Waals surface area contributed by atoms with Gasteiger partial charge in [0.1, 0.15) is 11.7 Å². The summed E-state index contributed by atoms with van der Waals surface area (Å²) in [6.45, 7) is 8.25. The molecule has 5 aromatic rings. The van der Waals surface area contributed by atoms with Crippen molar-refractivity contribution in [3.05, 3.63) is 94.6 Å². The molecule has 0 aliphatic carbocycles. The van der Waals surface area contributed by atoms with Crippen molar-refractivity contribution in [2.24, 2.45) is 5.92 Å². The number of carbonyl (C=O) groups excluding carboxylic acids is 5. The molecule has 16 nitrogen and oxygen atoms in total. The first-order valence-electron chi connectivity index (χ1n) is 24.8. The largest absolute Gasteiger partial charge is 0.381 e. The number of ether oxygens (including phenoxy) is 1. The Morgan fingerprint density at radius 3 is 2.36 bits per heavy atom. The van der Waals surface area contributed by atoms with Crippen LogP contribution >= 0.6 is 0 Å². The van der Waals surface area contributed by atoms with E-state index in [-0.39, 0.29) is 47.4 Å². The van der Waals surface area contributed by atoms with E-state index in [1.165, 1.54) is 0 Å². The summed E-state index contributed by atoms with van der Waals surface area (Å²) >= 11 is 0. The van der Waals surface area contributed by atoms with Crippen molar-refractivity contribution in [1.29, 1.82) is 0 Å². The summed E-state index contributed by atoms with van der Waals surface area (Å²) in [5.74, 6) is -0.741. The summed E-state index contributed by atoms with van der Waals surface area (Å²) in [6.07, 6.45) is 9.21. The average Bonchev–Trinajstić information content (AvgIpc) is 4.07. The Labute approximate surface area is 404 Å². The van der Waals surface area contributed by atoms with E-state index >= 15 is 8.78 Å². The van der Waals surface area contributed by atoms with E-state index in [9.17, 15) is 24.0 Å². The topological polar surface area (TPSA) is 158 Å². The van der Waals surface area contributed by atoms with Crippen molar-refractivity contribution >= 4 is 52.4 Å². The average molecular weight is 957 g/mol. The maximum absolute atomic E-state index is 15.5. The van der Waals surface area contributed by atoms with Gasteiger partial charge in [0.2, 0.25) is 17.7 Å². The maximum atomic E-state index is 15.5. The Morgan fingerprint density at radius 2 is 1.61 bits per heavy atom. The summed E-state index contributed by atoms with van der Waals surface area (Å²) in [4.78, 5) is 77.6. The number of aromatic nitrogens is 4. The normalized spacial score (nSPS) is 21.0. The molecule has 366 valence electrons. The zero-order valence-electron chi connectivity index (χ0n) is 39.6.